The van der Waals surface area contributed by atoms with Gasteiger partial charge in [0.1, 0.15) is 0 Å². The molecule has 0 saturated heterocycles. The molecule has 0 radical (unpaired) electrons. The maximum absolute atomic E-state index is 12.1. The summed E-state index contributed by atoms with van der Waals surface area (Å²) in [5.41, 5.74) is 7.86. The minimum Gasteiger partial charge on any atom is -0.328 e. The molecule has 1 aromatic carbocycles. The van der Waals surface area contributed by atoms with Crippen molar-refractivity contribution in [2.24, 2.45) is 17.6 Å². The first kappa shape index (κ1) is 12.3. The minimum absolute atomic E-state index is 0.168. The number of carbonyl (C=O) groups is 1. The van der Waals surface area contributed by atoms with Gasteiger partial charge in [-0.25, -0.2) is 0 Å². The van der Waals surface area contributed by atoms with Crippen LogP contribution in [0.25, 0.3) is 0 Å². The SMILES string of the molecule is CC(C)Cc1ccc(C(=O)C2CC(N)C2)cc1. The highest BCUT2D eigenvalue weighted by Gasteiger charge is 2.32. The average Bonchev–Trinajstić information content (AvgIpc) is 2.24. The Balaban J connectivity index is 2.00. The van der Waals surface area contributed by atoms with Crippen LogP contribution >= 0.6 is 0 Å². The summed E-state index contributed by atoms with van der Waals surface area (Å²) in [4.78, 5) is 12.1. The Morgan fingerprint density at radius 1 is 1.29 bits per heavy atom. The highest BCUT2D eigenvalue weighted by atomic mass is 16.1. The molecule has 1 aliphatic rings. The largest absolute Gasteiger partial charge is 0.328 e. The van der Waals surface area contributed by atoms with Gasteiger partial charge < -0.3 is 5.73 Å². The summed E-state index contributed by atoms with van der Waals surface area (Å²) >= 11 is 0. The van der Waals surface area contributed by atoms with E-state index in [4.69, 9.17) is 5.73 Å². The number of Topliss-reactive ketones (excluding diaryl/α,β-unsaturated/α-hetero) is 1. The van der Waals surface area contributed by atoms with E-state index in [1.807, 2.05) is 12.1 Å². The van der Waals surface area contributed by atoms with Crippen LogP contribution in [-0.4, -0.2) is 11.8 Å². The number of carbonyl (C=O) groups excluding carboxylic acids is 1. The zero-order valence-electron chi connectivity index (χ0n) is 10.6. The molecule has 0 aliphatic heterocycles. The summed E-state index contributed by atoms with van der Waals surface area (Å²) in [6.45, 7) is 4.41. The Morgan fingerprint density at radius 2 is 1.88 bits per heavy atom. The Kier molecular flexibility index (Phi) is 3.63. The molecule has 0 amide bonds. The van der Waals surface area contributed by atoms with Crippen LogP contribution in [0.15, 0.2) is 24.3 Å². The van der Waals surface area contributed by atoms with Crippen LogP contribution in [0.4, 0.5) is 0 Å². The number of rotatable bonds is 4. The number of nitrogens with two attached hydrogens (primary N) is 1. The monoisotopic (exact) mass is 231 g/mol. The molecule has 1 aromatic rings. The number of hydrogen-bond acceptors (Lipinski definition) is 2. The third-order valence-corrected chi connectivity index (χ3v) is 3.43. The normalized spacial score (nSPS) is 23.5. The summed E-state index contributed by atoms with van der Waals surface area (Å²) in [6.07, 6.45) is 2.78. The molecular weight excluding hydrogens is 210 g/mol. The summed E-state index contributed by atoms with van der Waals surface area (Å²) in [6, 6.07) is 8.31. The van der Waals surface area contributed by atoms with Gasteiger partial charge in [0.05, 0.1) is 0 Å². The molecule has 1 aliphatic carbocycles. The fourth-order valence-corrected chi connectivity index (χ4v) is 2.39. The van der Waals surface area contributed by atoms with Crippen molar-refractivity contribution in [3.8, 4) is 0 Å². The zero-order chi connectivity index (χ0) is 12.4. The van der Waals surface area contributed by atoms with Gasteiger partial charge >= 0.3 is 0 Å². The smallest absolute Gasteiger partial charge is 0.166 e. The van der Waals surface area contributed by atoms with E-state index in [1.54, 1.807) is 0 Å². The Bertz CT molecular complexity index is 388. The van der Waals surface area contributed by atoms with Crippen LogP contribution in [0.3, 0.4) is 0 Å². The standard InChI is InChI=1S/C15H21NO/c1-10(2)7-11-3-5-12(6-4-11)15(17)13-8-14(16)9-13/h3-6,10,13-14H,7-9,16H2,1-2H3. The first-order valence-corrected chi connectivity index (χ1v) is 6.45. The van der Waals surface area contributed by atoms with Crippen LogP contribution in [0.2, 0.25) is 0 Å². The second-order valence-electron chi connectivity index (χ2n) is 5.59. The number of benzene rings is 1. The van der Waals surface area contributed by atoms with Crippen molar-refractivity contribution in [2.75, 3.05) is 0 Å². The van der Waals surface area contributed by atoms with Crippen LogP contribution in [0.5, 0.6) is 0 Å². The first-order valence-electron chi connectivity index (χ1n) is 6.45. The Hall–Kier alpha value is -1.15. The quantitative estimate of drug-likeness (QED) is 0.810. The van der Waals surface area contributed by atoms with Crippen molar-refractivity contribution >= 4 is 5.78 Å². The third-order valence-electron chi connectivity index (χ3n) is 3.43. The van der Waals surface area contributed by atoms with Gasteiger partial charge in [-0.3, -0.25) is 4.79 Å². The molecule has 1 fully saturated rings. The molecule has 0 atom stereocenters. The minimum atomic E-state index is 0.168. The molecule has 2 rings (SSSR count). The predicted molar refractivity (Wildman–Crippen MR) is 70.0 cm³/mol. The van der Waals surface area contributed by atoms with Gasteiger partial charge in [0, 0.05) is 17.5 Å². The molecular formula is C15H21NO. The van der Waals surface area contributed by atoms with E-state index >= 15 is 0 Å². The highest BCUT2D eigenvalue weighted by molar-refractivity contribution is 5.98. The van der Waals surface area contributed by atoms with E-state index in [-0.39, 0.29) is 17.7 Å². The van der Waals surface area contributed by atoms with Gasteiger partial charge in [0.2, 0.25) is 0 Å². The predicted octanol–water partition coefficient (Wildman–Crippen LogP) is 2.81. The second-order valence-corrected chi connectivity index (χ2v) is 5.59. The molecule has 92 valence electrons. The van der Waals surface area contributed by atoms with Crippen LogP contribution in [0, 0.1) is 11.8 Å². The fourth-order valence-electron chi connectivity index (χ4n) is 2.39. The molecule has 2 heteroatoms. The zero-order valence-corrected chi connectivity index (χ0v) is 10.6. The lowest BCUT2D eigenvalue weighted by Gasteiger charge is -2.31. The van der Waals surface area contributed by atoms with Crippen LogP contribution in [-0.2, 0) is 6.42 Å². The van der Waals surface area contributed by atoms with Crippen molar-refractivity contribution in [1.29, 1.82) is 0 Å². The van der Waals surface area contributed by atoms with E-state index in [0.717, 1.165) is 24.8 Å². The van der Waals surface area contributed by atoms with E-state index in [1.165, 1.54) is 5.56 Å². The van der Waals surface area contributed by atoms with Crippen molar-refractivity contribution in [3.05, 3.63) is 35.4 Å². The summed E-state index contributed by atoms with van der Waals surface area (Å²) < 4.78 is 0. The topological polar surface area (TPSA) is 43.1 Å². The molecule has 1 saturated carbocycles. The third kappa shape index (κ3) is 2.95. The lowest BCUT2D eigenvalue weighted by molar-refractivity contribution is 0.0832. The Morgan fingerprint density at radius 3 is 2.35 bits per heavy atom. The van der Waals surface area contributed by atoms with Gasteiger partial charge in [-0.15, -0.1) is 0 Å². The molecule has 0 bridgehead atoms. The van der Waals surface area contributed by atoms with Crippen LogP contribution in [0.1, 0.15) is 42.6 Å². The van der Waals surface area contributed by atoms with Gasteiger partial charge in [-0.2, -0.15) is 0 Å². The van der Waals surface area contributed by atoms with Crippen molar-refractivity contribution in [1.82, 2.24) is 0 Å². The number of hydrogen-bond donors (Lipinski definition) is 1. The second kappa shape index (κ2) is 5.01. The lowest BCUT2D eigenvalue weighted by atomic mass is 9.76. The fraction of sp³-hybridized carbons (Fsp3) is 0.533. The highest BCUT2D eigenvalue weighted by Crippen LogP contribution is 2.29. The summed E-state index contributed by atoms with van der Waals surface area (Å²) in [5.74, 6) is 1.09. The van der Waals surface area contributed by atoms with Gasteiger partial charge in [-0.1, -0.05) is 38.1 Å². The first-order chi connectivity index (χ1) is 8.06. The van der Waals surface area contributed by atoms with E-state index in [2.05, 4.69) is 26.0 Å². The van der Waals surface area contributed by atoms with E-state index in [0.29, 0.717) is 5.92 Å². The van der Waals surface area contributed by atoms with Gasteiger partial charge in [0.25, 0.3) is 0 Å². The molecule has 0 spiro atoms. The summed E-state index contributed by atoms with van der Waals surface area (Å²) in [7, 11) is 0. The molecule has 0 unspecified atom stereocenters. The van der Waals surface area contributed by atoms with Gasteiger partial charge in [-0.05, 0) is 30.7 Å². The van der Waals surface area contributed by atoms with E-state index < -0.39 is 0 Å². The number of ketones is 1. The molecule has 17 heavy (non-hydrogen) atoms. The Labute approximate surface area is 103 Å². The molecule has 0 heterocycles. The average molecular weight is 231 g/mol. The maximum atomic E-state index is 12.1. The molecule has 2 N–H and O–H groups in total. The van der Waals surface area contributed by atoms with Crippen molar-refractivity contribution < 1.29 is 4.79 Å². The van der Waals surface area contributed by atoms with Crippen LogP contribution < -0.4 is 5.73 Å². The molecule has 0 aromatic heterocycles. The van der Waals surface area contributed by atoms with Gasteiger partial charge in [0.15, 0.2) is 5.78 Å². The molecule has 2 nitrogen and oxygen atoms in total. The van der Waals surface area contributed by atoms with Crippen molar-refractivity contribution in [3.63, 3.8) is 0 Å². The van der Waals surface area contributed by atoms with E-state index in [9.17, 15) is 4.79 Å². The summed E-state index contributed by atoms with van der Waals surface area (Å²) in [5, 5.41) is 0. The van der Waals surface area contributed by atoms with Crippen molar-refractivity contribution in [2.45, 2.75) is 39.2 Å². The maximum Gasteiger partial charge on any atom is 0.166 e. The lowest BCUT2D eigenvalue weighted by Crippen LogP contribution is -2.40.